The third-order valence-electron chi connectivity index (χ3n) is 3.70. The number of hydrogen-bond acceptors (Lipinski definition) is 4. The zero-order chi connectivity index (χ0) is 14.1. The van der Waals surface area contributed by atoms with Gasteiger partial charge >= 0.3 is 0 Å². The van der Waals surface area contributed by atoms with Crippen LogP contribution in [0.1, 0.15) is 52.9 Å². The van der Waals surface area contributed by atoms with Gasteiger partial charge in [-0.25, -0.2) is 0 Å². The van der Waals surface area contributed by atoms with E-state index in [1.807, 2.05) is 0 Å². The average Bonchev–Trinajstić information content (AvgIpc) is 2.41. The molecule has 0 aromatic heterocycles. The van der Waals surface area contributed by atoms with E-state index in [-0.39, 0.29) is 0 Å². The molecule has 2 N–H and O–H groups in total. The lowest BCUT2D eigenvalue weighted by molar-refractivity contribution is -0.0651. The molecular weight excluding hydrogens is 242 g/mol. The lowest BCUT2D eigenvalue weighted by Crippen LogP contribution is -2.35. The van der Waals surface area contributed by atoms with Crippen LogP contribution in [0.3, 0.4) is 0 Å². The van der Waals surface area contributed by atoms with Crippen molar-refractivity contribution in [1.82, 2.24) is 5.48 Å². The third-order valence-corrected chi connectivity index (χ3v) is 3.70. The highest BCUT2D eigenvalue weighted by Gasteiger charge is 2.24. The molecule has 19 heavy (non-hydrogen) atoms. The van der Waals surface area contributed by atoms with Crippen LogP contribution < -0.4 is 5.48 Å². The predicted molar refractivity (Wildman–Crippen MR) is 76.8 cm³/mol. The van der Waals surface area contributed by atoms with Crippen LogP contribution in [0.4, 0.5) is 0 Å². The third kappa shape index (κ3) is 7.25. The van der Waals surface area contributed by atoms with E-state index in [4.69, 9.17) is 9.57 Å². The van der Waals surface area contributed by atoms with Crippen LogP contribution in [0.2, 0.25) is 0 Å². The maximum atomic E-state index is 9.84. The standard InChI is InChI=1S/C15H31NO3/c1-4-13-7-5-6-8-15(13)18-11-14(17)9-16-19-10-12(2)3/h12-17H,4-11H2,1-3H3. The lowest BCUT2D eigenvalue weighted by atomic mass is 9.85. The molecule has 1 aliphatic carbocycles. The topological polar surface area (TPSA) is 50.7 Å². The van der Waals surface area contributed by atoms with Crippen LogP contribution in [0.15, 0.2) is 0 Å². The molecule has 0 aliphatic heterocycles. The monoisotopic (exact) mass is 273 g/mol. The van der Waals surface area contributed by atoms with Gasteiger partial charge in [-0.2, -0.15) is 5.48 Å². The molecule has 0 amide bonds. The van der Waals surface area contributed by atoms with Crippen molar-refractivity contribution in [3.8, 4) is 0 Å². The molecule has 0 heterocycles. The minimum atomic E-state index is -0.494. The highest BCUT2D eigenvalue weighted by atomic mass is 16.6. The molecule has 0 saturated heterocycles. The van der Waals surface area contributed by atoms with Gasteiger partial charge in [-0.15, -0.1) is 0 Å². The Balaban J connectivity index is 2.09. The molecule has 4 heteroatoms. The molecule has 3 unspecified atom stereocenters. The summed E-state index contributed by atoms with van der Waals surface area (Å²) in [7, 11) is 0. The summed E-state index contributed by atoms with van der Waals surface area (Å²) in [6, 6.07) is 0. The number of hydroxylamine groups is 1. The van der Waals surface area contributed by atoms with E-state index >= 15 is 0 Å². The van der Waals surface area contributed by atoms with E-state index < -0.39 is 6.10 Å². The molecular formula is C15H31NO3. The molecule has 1 fully saturated rings. The number of nitrogens with one attached hydrogen (secondary N) is 1. The number of ether oxygens (including phenoxy) is 1. The highest BCUT2D eigenvalue weighted by Crippen LogP contribution is 2.29. The number of aliphatic hydroxyl groups excluding tert-OH is 1. The summed E-state index contributed by atoms with van der Waals surface area (Å²) >= 11 is 0. The average molecular weight is 273 g/mol. The molecule has 0 aromatic rings. The van der Waals surface area contributed by atoms with Crippen LogP contribution in [-0.4, -0.2) is 37.1 Å². The Labute approximate surface area is 117 Å². The van der Waals surface area contributed by atoms with E-state index in [0.29, 0.717) is 37.7 Å². The summed E-state index contributed by atoms with van der Waals surface area (Å²) in [6.07, 6.45) is 6.02. The molecule has 1 rings (SSSR count). The van der Waals surface area contributed by atoms with Crippen LogP contribution >= 0.6 is 0 Å². The van der Waals surface area contributed by atoms with Crippen molar-refractivity contribution in [1.29, 1.82) is 0 Å². The van der Waals surface area contributed by atoms with Crippen molar-refractivity contribution in [3.05, 3.63) is 0 Å². The van der Waals surface area contributed by atoms with Gasteiger partial charge in [-0.1, -0.05) is 40.0 Å². The Hall–Kier alpha value is -0.160. The van der Waals surface area contributed by atoms with E-state index in [1.54, 1.807) is 0 Å². The maximum Gasteiger partial charge on any atom is 0.0921 e. The van der Waals surface area contributed by atoms with Crippen LogP contribution in [0.5, 0.6) is 0 Å². The number of rotatable bonds is 9. The molecule has 0 radical (unpaired) electrons. The van der Waals surface area contributed by atoms with Gasteiger partial charge in [-0.05, 0) is 24.7 Å². The Kier molecular flexibility index (Phi) is 8.62. The minimum Gasteiger partial charge on any atom is -0.389 e. The fourth-order valence-corrected chi connectivity index (χ4v) is 2.53. The summed E-state index contributed by atoms with van der Waals surface area (Å²) in [5.74, 6) is 1.17. The normalized spacial score (nSPS) is 25.7. The first kappa shape index (κ1) is 16.9. The van der Waals surface area contributed by atoms with Gasteiger partial charge in [0, 0.05) is 6.54 Å². The molecule has 3 atom stereocenters. The van der Waals surface area contributed by atoms with Gasteiger partial charge in [0.15, 0.2) is 0 Å². The summed E-state index contributed by atoms with van der Waals surface area (Å²) in [4.78, 5) is 5.23. The van der Waals surface area contributed by atoms with Crippen molar-refractivity contribution in [2.24, 2.45) is 11.8 Å². The first-order valence-electron chi connectivity index (χ1n) is 7.77. The molecule has 1 aliphatic rings. The largest absolute Gasteiger partial charge is 0.389 e. The summed E-state index contributed by atoms with van der Waals surface area (Å²) in [5, 5.41) is 9.84. The first-order chi connectivity index (χ1) is 9.13. The fraction of sp³-hybridized carbons (Fsp3) is 1.00. The first-order valence-corrected chi connectivity index (χ1v) is 7.77. The second-order valence-corrected chi connectivity index (χ2v) is 6.03. The predicted octanol–water partition coefficient (Wildman–Crippen LogP) is 2.51. The summed E-state index contributed by atoms with van der Waals surface area (Å²) < 4.78 is 5.88. The maximum absolute atomic E-state index is 9.84. The quantitative estimate of drug-likeness (QED) is 0.500. The Morgan fingerprint density at radius 2 is 1.95 bits per heavy atom. The zero-order valence-corrected chi connectivity index (χ0v) is 12.7. The van der Waals surface area contributed by atoms with Gasteiger partial charge in [-0.3, -0.25) is 0 Å². The summed E-state index contributed by atoms with van der Waals surface area (Å²) in [5.41, 5.74) is 2.80. The highest BCUT2D eigenvalue weighted by molar-refractivity contribution is 4.75. The Morgan fingerprint density at radius 3 is 2.63 bits per heavy atom. The van der Waals surface area contributed by atoms with Crippen LogP contribution in [0.25, 0.3) is 0 Å². The van der Waals surface area contributed by atoms with Crippen molar-refractivity contribution in [2.75, 3.05) is 19.8 Å². The van der Waals surface area contributed by atoms with E-state index in [2.05, 4.69) is 26.3 Å². The SMILES string of the molecule is CCC1CCCCC1OCC(O)CNOCC(C)C. The van der Waals surface area contributed by atoms with E-state index in [1.165, 1.54) is 25.7 Å². The molecule has 0 spiro atoms. The van der Waals surface area contributed by atoms with Gasteiger partial charge < -0.3 is 14.7 Å². The van der Waals surface area contributed by atoms with Crippen molar-refractivity contribution < 1.29 is 14.7 Å². The van der Waals surface area contributed by atoms with Crippen LogP contribution in [-0.2, 0) is 9.57 Å². The number of aliphatic hydroxyl groups is 1. The second-order valence-electron chi connectivity index (χ2n) is 6.03. The fourth-order valence-electron chi connectivity index (χ4n) is 2.53. The molecule has 0 bridgehead atoms. The van der Waals surface area contributed by atoms with Gasteiger partial charge in [0.2, 0.25) is 0 Å². The zero-order valence-electron chi connectivity index (χ0n) is 12.7. The minimum absolute atomic E-state index is 0.338. The molecule has 1 saturated carbocycles. The van der Waals surface area contributed by atoms with Gasteiger partial charge in [0.1, 0.15) is 0 Å². The van der Waals surface area contributed by atoms with E-state index in [9.17, 15) is 5.11 Å². The smallest absolute Gasteiger partial charge is 0.0921 e. The molecule has 114 valence electrons. The van der Waals surface area contributed by atoms with Crippen molar-refractivity contribution >= 4 is 0 Å². The van der Waals surface area contributed by atoms with Crippen LogP contribution in [0, 0.1) is 11.8 Å². The van der Waals surface area contributed by atoms with E-state index in [0.717, 1.165) is 6.42 Å². The Bertz CT molecular complexity index is 223. The molecule has 4 nitrogen and oxygen atoms in total. The molecule has 0 aromatic carbocycles. The lowest BCUT2D eigenvalue weighted by Gasteiger charge is -2.31. The van der Waals surface area contributed by atoms with Crippen molar-refractivity contribution in [3.63, 3.8) is 0 Å². The van der Waals surface area contributed by atoms with Gasteiger partial charge in [0.25, 0.3) is 0 Å². The van der Waals surface area contributed by atoms with Crippen molar-refractivity contribution in [2.45, 2.75) is 65.1 Å². The Morgan fingerprint density at radius 1 is 1.21 bits per heavy atom. The second kappa shape index (κ2) is 9.70. The summed E-state index contributed by atoms with van der Waals surface area (Å²) in [6.45, 7) is 7.90. The number of hydrogen-bond donors (Lipinski definition) is 2. The van der Waals surface area contributed by atoms with Gasteiger partial charge in [0.05, 0.1) is 25.4 Å².